The number of rotatable bonds is 4. The van der Waals surface area contributed by atoms with Gasteiger partial charge in [-0.15, -0.1) is 11.3 Å². The number of thiophene rings is 1. The maximum absolute atomic E-state index is 11.2. The van der Waals surface area contributed by atoms with Crippen LogP contribution in [-0.2, 0) is 4.79 Å². The van der Waals surface area contributed by atoms with Crippen molar-refractivity contribution in [1.82, 2.24) is 9.97 Å². The Labute approximate surface area is 117 Å². The molecule has 2 aromatic heterocycles. The van der Waals surface area contributed by atoms with Gasteiger partial charge in [0.1, 0.15) is 11.7 Å². The van der Waals surface area contributed by atoms with Gasteiger partial charge in [-0.3, -0.25) is 4.79 Å². The van der Waals surface area contributed by atoms with E-state index in [1.165, 1.54) is 0 Å². The number of H-pyrrole nitrogens is 1. The van der Waals surface area contributed by atoms with Gasteiger partial charge in [0.15, 0.2) is 0 Å². The summed E-state index contributed by atoms with van der Waals surface area (Å²) in [5, 5.41) is 9.22. The van der Waals surface area contributed by atoms with Crippen molar-refractivity contribution >= 4 is 33.2 Å². The SMILES string of the molecule is CC(C)C(C(=O)O)c1ncc(-c2ccc(Br)s2)[nH]1. The molecule has 0 radical (unpaired) electrons. The Hall–Kier alpha value is -1.14. The number of halogens is 1. The number of carboxylic acid groups (broad SMARTS) is 1. The first kappa shape index (κ1) is 13.3. The van der Waals surface area contributed by atoms with Crippen molar-refractivity contribution in [1.29, 1.82) is 0 Å². The summed E-state index contributed by atoms with van der Waals surface area (Å²) in [6, 6.07) is 3.93. The lowest BCUT2D eigenvalue weighted by atomic mass is 9.95. The minimum absolute atomic E-state index is 0.00317. The fourth-order valence-electron chi connectivity index (χ4n) is 1.80. The summed E-state index contributed by atoms with van der Waals surface area (Å²) in [7, 11) is 0. The summed E-state index contributed by atoms with van der Waals surface area (Å²) in [4.78, 5) is 19.6. The molecule has 0 amide bonds. The number of aromatic amines is 1. The number of hydrogen-bond donors (Lipinski definition) is 2. The van der Waals surface area contributed by atoms with Crippen LogP contribution in [0.5, 0.6) is 0 Å². The molecule has 0 bridgehead atoms. The Morgan fingerprint density at radius 1 is 1.50 bits per heavy atom. The van der Waals surface area contributed by atoms with Crippen LogP contribution in [0.4, 0.5) is 0 Å². The molecule has 0 fully saturated rings. The van der Waals surface area contributed by atoms with E-state index in [1.807, 2.05) is 26.0 Å². The summed E-state index contributed by atoms with van der Waals surface area (Å²) in [6.07, 6.45) is 1.69. The van der Waals surface area contributed by atoms with E-state index in [0.717, 1.165) is 14.4 Å². The van der Waals surface area contributed by atoms with E-state index in [0.29, 0.717) is 5.82 Å². The molecular weight excluding hydrogens is 316 g/mol. The number of aromatic nitrogens is 2. The van der Waals surface area contributed by atoms with Crippen molar-refractivity contribution < 1.29 is 9.90 Å². The van der Waals surface area contributed by atoms with E-state index < -0.39 is 11.9 Å². The molecule has 4 nitrogen and oxygen atoms in total. The number of hydrogen-bond acceptors (Lipinski definition) is 3. The summed E-state index contributed by atoms with van der Waals surface area (Å²) >= 11 is 4.98. The Morgan fingerprint density at radius 3 is 2.72 bits per heavy atom. The molecule has 0 aliphatic rings. The quantitative estimate of drug-likeness (QED) is 0.898. The van der Waals surface area contributed by atoms with E-state index in [1.54, 1.807) is 17.5 Å². The molecule has 0 saturated heterocycles. The topological polar surface area (TPSA) is 66.0 Å². The van der Waals surface area contributed by atoms with Crippen molar-refractivity contribution in [2.75, 3.05) is 0 Å². The number of carbonyl (C=O) groups is 1. The second-order valence-electron chi connectivity index (χ2n) is 4.35. The van der Waals surface area contributed by atoms with Gasteiger partial charge in [-0.25, -0.2) is 4.98 Å². The number of aliphatic carboxylic acids is 1. The zero-order valence-corrected chi connectivity index (χ0v) is 12.4. The predicted molar refractivity (Wildman–Crippen MR) is 74.8 cm³/mol. The molecule has 0 aliphatic carbocycles. The molecular formula is C12H13BrN2O2S. The Balaban J connectivity index is 2.32. The lowest BCUT2D eigenvalue weighted by Gasteiger charge is -2.12. The van der Waals surface area contributed by atoms with Crippen molar-refractivity contribution in [3.8, 4) is 10.6 Å². The lowest BCUT2D eigenvalue weighted by molar-refractivity contribution is -0.140. The zero-order chi connectivity index (χ0) is 13.3. The Kier molecular flexibility index (Phi) is 3.87. The highest BCUT2D eigenvalue weighted by Gasteiger charge is 2.26. The van der Waals surface area contributed by atoms with Crippen LogP contribution in [0.25, 0.3) is 10.6 Å². The fraction of sp³-hybridized carbons (Fsp3) is 0.333. The number of nitrogens with zero attached hydrogens (tertiary/aromatic N) is 1. The van der Waals surface area contributed by atoms with Crippen molar-refractivity contribution in [2.45, 2.75) is 19.8 Å². The largest absolute Gasteiger partial charge is 0.481 e. The average Bonchev–Trinajstić information content (AvgIpc) is 2.85. The zero-order valence-electron chi connectivity index (χ0n) is 9.98. The summed E-state index contributed by atoms with van der Waals surface area (Å²) in [5.74, 6) is -0.936. The Morgan fingerprint density at radius 2 is 2.22 bits per heavy atom. The summed E-state index contributed by atoms with van der Waals surface area (Å²) < 4.78 is 1.03. The van der Waals surface area contributed by atoms with Crippen LogP contribution in [0.15, 0.2) is 22.1 Å². The van der Waals surface area contributed by atoms with Gasteiger partial charge in [-0.2, -0.15) is 0 Å². The molecule has 1 unspecified atom stereocenters. The molecule has 0 aliphatic heterocycles. The minimum atomic E-state index is -0.849. The van der Waals surface area contributed by atoms with Crippen LogP contribution in [0, 0.1) is 5.92 Å². The van der Waals surface area contributed by atoms with Gasteiger partial charge in [-0.05, 0) is 34.0 Å². The molecule has 2 heterocycles. The van der Waals surface area contributed by atoms with Crippen LogP contribution < -0.4 is 0 Å². The third kappa shape index (κ3) is 2.64. The van der Waals surface area contributed by atoms with E-state index in [2.05, 4.69) is 25.9 Å². The van der Waals surface area contributed by atoms with Gasteiger partial charge in [0.05, 0.1) is 20.6 Å². The smallest absolute Gasteiger partial charge is 0.314 e. The van der Waals surface area contributed by atoms with Gasteiger partial charge >= 0.3 is 5.97 Å². The van der Waals surface area contributed by atoms with Crippen molar-refractivity contribution in [2.24, 2.45) is 5.92 Å². The molecule has 0 aromatic carbocycles. The fourth-order valence-corrected chi connectivity index (χ4v) is 3.15. The van der Waals surface area contributed by atoms with E-state index in [4.69, 9.17) is 0 Å². The second kappa shape index (κ2) is 5.24. The highest BCUT2D eigenvalue weighted by atomic mass is 79.9. The van der Waals surface area contributed by atoms with Crippen LogP contribution >= 0.6 is 27.3 Å². The van der Waals surface area contributed by atoms with Gasteiger partial charge in [0, 0.05) is 0 Å². The first-order chi connectivity index (χ1) is 8.49. The lowest BCUT2D eigenvalue weighted by Crippen LogP contribution is -2.18. The normalized spacial score (nSPS) is 12.9. The van der Waals surface area contributed by atoms with Gasteiger partial charge in [0.25, 0.3) is 0 Å². The maximum atomic E-state index is 11.2. The van der Waals surface area contributed by atoms with Gasteiger partial charge < -0.3 is 10.1 Å². The molecule has 2 aromatic rings. The van der Waals surface area contributed by atoms with Crippen LogP contribution in [0.1, 0.15) is 25.6 Å². The monoisotopic (exact) mass is 328 g/mol. The molecule has 18 heavy (non-hydrogen) atoms. The molecule has 1 atom stereocenters. The Bertz CT molecular complexity index is 562. The standard InChI is InChI=1S/C12H13BrN2O2S/c1-6(2)10(12(16)17)11-14-5-7(15-11)8-3-4-9(13)18-8/h3-6,10H,1-2H3,(H,14,15)(H,16,17). The summed E-state index contributed by atoms with van der Waals surface area (Å²) in [6.45, 7) is 3.76. The average molecular weight is 329 g/mol. The number of nitrogens with one attached hydrogen (secondary N) is 1. The summed E-state index contributed by atoms with van der Waals surface area (Å²) in [5.41, 5.74) is 0.854. The van der Waals surface area contributed by atoms with Gasteiger partial charge in [0.2, 0.25) is 0 Å². The van der Waals surface area contributed by atoms with Crippen LogP contribution in [0.3, 0.4) is 0 Å². The highest BCUT2D eigenvalue weighted by molar-refractivity contribution is 9.11. The third-order valence-electron chi connectivity index (χ3n) is 2.66. The minimum Gasteiger partial charge on any atom is -0.481 e. The molecule has 0 saturated carbocycles. The van der Waals surface area contributed by atoms with Crippen molar-refractivity contribution in [3.63, 3.8) is 0 Å². The van der Waals surface area contributed by atoms with Gasteiger partial charge in [-0.1, -0.05) is 13.8 Å². The molecule has 0 spiro atoms. The van der Waals surface area contributed by atoms with Crippen LogP contribution in [0.2, 0.25) is 0 Å². The van der Waals surface area contributed by atoms with Crippen molar-refractivity contribution in [3.05, 3.63) is 27.9 Å². The number of carboxylic acids is 1. The number of imidazole rings is 1. The molecule has 6 heteroatoms. The first-order valence-corrected chi connectivity index (χ1v) is 7.13. The molecule has 2 rings (SSSR count). The maximum Gasteiger partial charge on any atom is 0.314 e. The van der Waals surface area contributed by atoms with E-state index in [-0.39, 0.29) is 5.92 Å². The molecule has 2 N–H and O–H groups in total. The van der Waals surface area contributed by atoms with E-state index >= 15 is 0 Å². The van der Waals surface area contributed by atoms with Crippen LogP contribution in [-0.4, -0.2) is 21.0 Å². The first-order valence-electron chi connectivity index (χ1n) is 5.52. The highest BCUT2D eigenvalue weighted by Crippen LogP contribution is 2.31. The third-order valence-corrected chi connectivity index (χ3v) is 4.32. The second-order valence-corrected chi connectivity index (χ2v) is 6.81. The predicted octanol–water partition coefficient (Wildman–Crippen LogP) is 3.72. The van der Waals surface area contributed by atoms with E-state index in [9.17, 15) is 9.90 Å². The molecule has 96 valence electrons.